The zero-order valence-corrected chi connectivity index (χ0v) is 9.73. The lowest BCUT2D eigenvalue weighted by Gasteiger charge is -2.11. The number of anilines is 1. The van der Waals surface area contributed by atoms with Crippen molar-refractivity contribution >= 4 is 11.6 Å². The number of carbonyl (C=O) groups is 1. The third-order valence-electron chi connectivity index (χ3n) is 2.19. The van der Waals surface area contributed by atoms with Gasteiger partial charge in [0.05, 0.1) is 5.69 Å². The SMILES string of the molecule is O=C(CCCCO)Nc1ccccc1OC(F)F. The highest BCUT2D eigenvalue weighted by Crippen LogP contribution is 2.25. The van der Waals surface area contributed by atoms with Crippen molar-refractivity contribution in [2.75, 3.05) is 11.9 Å². The molecule has 1 rings (SSSR count). The Morgan fingerprint density at radius 2 is 2.06 bits per heavy atom. The first-order valence-electron chi connectivity index (χ1n) is 5.58. The topological polar surface area (TPSA) is 58.6 Å². The number of unbranched alkanes of at least 4 members (excludes halogenated alkanes) is 1. The Labute approximate surface area is 104 Å². The van der Waals surface area contributed by atoms with E-state index >= 15 is 0 Å². The Bertz CT molecular complexity index is 385. The van der Waals surface area contributed by atoms with E-state index in [0.717, 1.165) is 0 Å². The van der Waals surface area contributed by atoms with E-state index in [1.54, 1.807) is 12.1 Å². The first-order chi connectivity index (χ1) is 8.63. The van der Waals surface area contributed by atoms with Gasteiger partial charge in [0.15, 0.2) is 0 Å². The summed E-state index contributed by atoms with van der Waals surface area (Å²) in [6.07, 6.45) is 1.30. The lowest BCUT2D eigenvalue weighted by atomic mass is 10.2. The van der Waals surface area contributed by atoms with Crippen LogP contribution in [0, 0.1) is 0 Å². The standard InChI is InChI=1S/C12H15F2NO3/c13-12(14)18-10-6-2-1-5-9(10)15-11(17)7-3-4-8-16/h1-2,5-6,12,16H,3-4,7-8H2,(H,15,17). The molecule has 1 aromatic carbocycles. The van der Waals surface area contributed by atoms with Gasteiger partial charge in [0.1, 0.15) is 5.75 Å². The summed E-state index contributed by atoms with van der Waals surface area (Å²) in [6, 6.07) is 6.00. The van der Waals surface area contributed by atoms with E-state index in [-0.39, 0.29) is 30.4 Å². The van der Waals surface area contributed by atoms with Crippen molar-refractivity contribution < 1.29 is 23.4 Å². The molecule has 0 aliphatic rings. The molecular formula is C12H15F2NO3. The average Bonchev–Trinajstić information content (AvgIpc) is 2.31. The van der Waals surface area contributed by atoms with Gasteiger partial charge in [-0.05, 0) is 25.0 Å². The Morgan fingerprint density at radius 3 is 2.72 bits per heavy atom. The summed E-state index contributed by atoms with van der Waals surface area (Å²) in [5.41, 5.74) is 0.215. The molecule has 18 heavy (non-hydrogen) atoms. The molecule has 0 saturated carbocycles. The van der Waals surface area contributed by atoms with Crippen LogP contribution in [-0.4, -0.2) is 24.2 Å². The number of nitrogens with one attached hydrogen (secondary N) is 1. The number of rotatable bonds is 7. The minimum atomic E-state index is -2.93. The van der Waals surface area contributed by atoms with Gasteiger partial charge in [0.25, 0.3) is 0 Å². The second-order valence-corrected chi connectivity index (χ2v) is 3.60. The number of para-hydroxylation sites is 2. The van der Waals surface area contributed by atoms with E-state index in [9.17, 15) is 13.6 Å². The normalized spacial score (nSPS) is 10.4. The van der Waals surface area contributed by atoms with Crippen LogP contribution in [0.4, 0.5) is 14.5 Å². The Morgan fingerprint density at radius 1 is 1.33 bits per heavy atom. The van der Waals surface area contributed by atoms with Crippen LogP contribution >= 0.6 is 0 Å². The molecule has 0 saturated heterocycles. The molecule has 0 radical (unpaired) electrons. The predicted molar refractivity (Wildman–Crippen MR) is 62.6 cm³/mol. The van der Waals surface area contributed by atoms with Gasteiger partial charge >= 0.3 is 6.61 Å². The Kier molecular flexibility index (Phi) is 6.07. The van der Waals surface area contributed by atoms with Crippen LogP contribution in [0.1, 0.15) is 19.3 Å². The molecule has 6 heteroatoms. The van der Waals surface area contributed by atoms with E-state index in [2.05, 4.69) is 10.1 Å². The van der Waals surface area contributed by atoms with E-state index in [0.29, 0.717) is 12.8 Å². The number of halogens is 2. The van der Waals surface area contributed by atoms with Crippen molar-refractivity contribution in [3.05, 3.63) is 24.3 Å². The maximum absolute atomic E-state index is 12.1. The summed E-state index contributed by atoms with van der Waals surface area (Å²) in [5.74, 6) is -0.364. The second-order valence-electron chi connectivity index (χ2n) is 3.60. The quantitative estimate of drug-likeness (QED) is 0.739. The second kappa shape index (κ2) is 7.60. The van der Waals surface area contributed by atoms with Gasteiger partial charge in [-0.2, -0.15) is 8.78 Å². The maximum Gasteiger partial charge on any atom is 0.387 e. The van der Waals surface area contributed by atoms with Gasteiger partial charge < -0.3 is 15.2 Å². The molecule has 0 heterocycles. The van der Waals surface area contributed by atoms with Gasteiger partial charge in [-0.15, -0.1) is 0 Å². The third-order valence-corrected chi connectivity index (χ3v) is 2.19. The number of amides is 1. The van der Waals surface area contributed by atoms with Crippen LogP contribution in [0.15, 0.2) is 24.3 Å². The molecule has 2 N–H and O–H groups in total. The molecule has 0 fully saturated rings. The first-order valence-corrected chi connectivity index (χ1v) is 5.58. The van der Waals surface area contributed by atoms with Gasteiger partial charge in [0.2, 0.25) is 5.91 Å². The summed E-state index contributed by atoms with van der Waals surface area (Å²) in [4.78, 5) is 11.5. The smallest absolute Gasteiger partial charge is 0.387 e. The summed E-state index contributed by atoms with van der Waals surface area (Å²) < 4.78 is 28.5. The fraction of sp³-hybridized carbons (Fsp3) is 0.417. The number of alkyl halides is 2. The van der Waals surface area contributed by atoms with Crippen LogP contribution in [0.25, 0.3) is 0 Å². The van der Waals surface area contributed by atoms with Gasteiger partial charge in [-0.3, -0.25) is 4.79 Å². The average molecular weight is 259 g/mol. The minimum Gasteiger partial charge on any atom is -0.433 e. The number of benzene rings is 1. The number of hydrogen-bond acceptors (Lipinski definition) is 3. The van der Waals surface area contributed by atoms with Gasteiger partial charge in [-0.25, -0.2) is 0 Å². The molecule has 0 atom stereocenters. The van der Waals surface area contributed by atoms with Crippen LogP contribution < -0.4 is 10.1 Å². The monoisotopic (exact) mass is 259 g/mol. The lowest BCUT2D eigenvalue weighted by molar-refractivity contribution is -0.116. The molecule has 4 nitrogen and oxygen atoms in total. The minimum absolute atomic E-state index is 0.0262. The molecule has 0 aliphatic carbocycles. The third kappa shape index (κ3) is 5.09. The molecular weight excluding hydrogens is 244 g/mol. The Hall–Kier alpha value is -1.69. The zero-order chi connectivity index (χ0) is 13.4. The molecule has 0 aromatic heterocycles. The van der Waals surface area contributed by atoms with E-state index in [1.807, 2.05) is 0 Å². The summed E-state index contributed by atoms with van der Waals surface area (Å²) >= 11 is 0. The molecule has 0 spiro atoms. The highest BCUT2D eigenvalue weighted by molar-refractivity contribution is 5.92. The summed E-state index contributed by atoms with van der Waals surface area (Å²) in [6.45, 7) is -2.91. The van der Waals surface area contributed by atoms with E-state index < -0.39 is 6.61 Å². The van der Waals surface area contributed by atoms with Gasteiger partial charge in [-0.1, -0.05) is 12.1 Å². The van der Waals surface area contributed by atoms with Crippen LogP contribution in [-0.2, 0) is 4.79 Å². The molecule has 0 unspecified atom stereocenters. The highest BCUT2D eigenvalue weighted by Gasteiger charge is 2.11. The summed E-state index contributed by atoms with van der Waals surface area (Å²) in [5, 5.41) is 11.1. The molecule has 1 amide bonds. The summed E-state index contributed by atoms with van der Waals surface area (Å²) in [7, 11) is 0. The number of ether oxygens (including phenoxy) is 1. The van der Waals surface area contributed by atoms with Gasteiger partial charge in [0, 0.05) is 13.0 Å². The first kappa shape index (κ1) is 14.4. The number of hydrogen-bond donors (Lipinski definition) is 2. The van der Waals surface area contributed by atoms with E-state index in [1.165, 1.54) is 12.1 Å². The van der Waals surface area contributed by atoms with Crippen molar-refractivity contribution in [3.8, 4) is 5.75 Å². The number of carbonyl (C=O) groups excluding carboxylic acids is 1. The van der Waals surface area contributed by atoms with Crippen LogP contribution in [0.5, 0.6) is 5.75 Å². The van der Waals surface area contributed by atoms with Crippen molar-refractivity contribution in [1.82, 2.24) is 0 Å². The molecule has 0 aliphatic heterocycles. The zero-order valence-electron chi connectivity index (χ0n) is 9.73. The number of aliphatic hydroxyl groups is 1. The van der Waals surface area contributed by atoms with E-state index in [4.69, 9.17) is 5.11 Å². The van der Waals surface area contributed by atoms with Crippen molar-refractivity contribution in [2.45, 2.75) is 25.9 Å². The van der Waals surface area contributed by atoms with Crippen molar-refractivity contribution in [1.29, 1.82) is 0 Å². The Balaban J connectivity index is 2.57. The fourth-order valence-corrected chi connectivity index (χ4v) is 1.38. The van der Waals surface area contributed by atoms with Crippen molar-refractivity contribution in [2.24, 2.45) is 0 Å². The molecule has 0 bridgehead atoms. The largest absolute Gasteiger partial charge is 0.433 e. The fourth-order valence-electron chi connectivity index (χ4n) is 1.38. The molecule has 100 valence electrons. The number of aliphatic hydroxyl groups excluding tert-OH is 1. The van der Waals surface area contributed by atoms with Crippen LogP contribution in [0.3, 0.4) is 0 Å². The molecule has 1 aromatic rings. The highest BCUT2D eigenvalue weighted by atomic mass is 19.3. The van der Waals surface area contributed by atoms with Crippen molar-refractivity contribution in [3.63, 3.8) is 0 Å². The van der Waals surface area contributed by atoms with Crippen LogP contribution in [0.2, 0.25) is 0 Å². The predicted octanol–water partition coefficient (Wildman–Crippen LogP) is 2.39. The lowest BCUT2D eigenvalue weighted by Crippen LogP contribution is -2.13. The maximum atomic E-state index is 12.1.